The molecule has 1 aromatic heterocycles. The van der Waals surface area contributed by atoms with Crippen LogP contribution in [0, 0.1) is 5.82 Å². The first-order chi connectivity index (χ1) is 9.63. The maximum atomic E-state index is 13.3. The molecule has 1 aromatic carbocycles. The maximum absolute atomic E-state index is 13.3. The molecule has 0 aliphatic carbocycles. The number of nitrogens with one attached hydrogen (secondary N) is 1. The Hall–Kier alpha value is -1.95. The van der Waals surface area contributed by atoms with Crippen LogP contribution in [0.15, 0.2) is 47.2 Å². The fraction of sp³-hybridized carbons (Fsp3) is 0.143. The molecule has 2 atom stereocenters. The van der Waals surface area contributed by atoms with Gasteiger partial charge in [-0.05, 0) is 45.3 Å². The van der Waals surface area contributed by atoms with E-state index in [1.165, 1.54) is 12.1 Å². The number of hydrogen-bond acceptors (Lipinski definition) is 3. The number of halogens is 2. The van der Waals surface area contributed by atoms with Gasteiger partial charge >= 0.3 is 6.09 Å². The molecule has 1 aliphatic rings. The minimum Gasteiger partial charge on any atom is -0.439 e. The van der Waals surface area contributed by atoms with E-state index in [0.717, 1.165) is 10.0 Å². The van der Waals surface area contributed by atoms with Crippen molar-refractivity contribution in [3.05, 3.63) is 64.1 Å². The molecule has 20 heavy (non-hydrogen) atoms. The van der Waals surface area contributed by atoms with Gasteiger partial charge in [-0.2, -0.15) is 0 Å². The Kier molecular flexibility index (Phi) is 3.40. The normalized spacial score (nSPS) is 21.4. The Labute approximate surface area is 123 Å². The molecule has 4 nitrogen and oxygen atoms in total. The zero-order valence-electron chi connectivity index (χ0n) is 10.2. The van der Waals surface area contributed by atoms with Crippen molar-refractivity contribution in [1.82, 2.24) is 10.3 Å². The van der Waals surface area contributed by atoms with E-state index in [1.807, 2.05) is 6.07 Å². The monoisotopic (exact) mass is 336 g/mol. The summed E-state index contributed by atoms with van der Waals surface area (Å²) in [5.74, 6) is -0.364. The van der Waals surface area contributed by atoms with E-state index in [2.05, 4.69) is 26.2 Å². The number of ether oxygens (including phenoxy) is 1. The smallest absolute Gasteiger partial charge is 0.408 e. The number of aromatic nitrogens is 1. The van der Waals surface area contributed by atoms with Crippen LogP contribution in [0.3, 0.4) is 0 Å². The highest BCUT2D eigenvalue weighted by atomic mass is 79.9. The van der Waals surface area contributed by atoms with Crippen LogP contribution in [0.1, 0.15) is 23.3 Å². The van der Waals surface area contributed by atoms with Crippen molar-refractivity contribution in [2.24, 2.45) is 0 Å². The molecule has 1 fully saturated rings. The molecule has 3 rings (SSSR count). The topological polar surface area (TPSA) is 51.2 Å². The van der Waals surface area contributed by atoms with E-state index in [-0.39, 0.29) is 5.82 Å². The molecule has 2 aromatic rings. The summed E-state index contributed by atoms with van der Waals surface area (Å²) in [4.78, 5) is 15.6. The summed E-state index contributed by atoms with van der Waals surface area (Å²) < 4.78 is 19.4. The van der Waals surface area contributed by atoms with Gasteiger partial charge in [-0.25, -0.2) is 9.18 Å². The summed E-state index contributed by atoms with van der Waals surface area (Å²) in [6.45, 7) is 0. The van der Waals surface area contributed by atoms with Gasteiger partial charge in [-0.1, -0.05) is 12.1 Å². The van der Waals surface area contributed by atoms with Crippen molar-refractivity contribution in [2.45, 2.75) is 12.1 Å². The quantitative estimate of drug-likeness (QED) is 0.912. The van der Waals surface area contributed by atoms with Crippen molar-refractivity contribution in [3.63, 3.8) is 0 Å². The molecule has 0 bridgehead atoms. The van der Waals surface area contributed by atoms with Crippen LogP contribution in [0.4, 0.5) is 9.18 Å². The molecular formula is C14H10BrFN2O2. The summed E-state index contributed by atoms with van der Waals surface area (Å²) in [5, 5.41) is 2.72. The summed E-state index contributed by atoms with van der Waals surface area (Å²) in [6, 6.07) is 7.49. The largest absolute Gasteiger partial charge is 0.439 e. The second-order valence-corrected chi connectivity index (χ2v) is 5.36. The number of carbonyl (C=O) groups is 1. The molecule has 1 N–H and O–H groups in total. The zero-order chi connectivity index (χ0) is 14.1. The van der Waals surface area contributed by atoms with Crippen LogP contribution in [-0.2, 0) is 4.74 Å². The Balaban J connectivity index is 1.99. The lowest BCUT2D eigenvalue weighted by atomic mass is 9.98. The first-order valence-electron chi connectivity index (χ1n) is 5.96. The Morgan fingerprint density at radius 1 is 1.25 bits per heavy atom. The highest BCUT2D eigenvalue weighted by Crippen LogP contribution is 2.37. The van der Waals surface area contributed by atoms with Gasteiger partial charge in [0.05, 0.1) is 0 Å². The van der Waals surface area contributed by atoms with Gasteiger partial charge < -0.3 is 10.1 Å². The van der Waals surface area contributed by atoms with E-state index < -0.39 is 18.2 Å². The summed E-state index contributed by atoms with van der Waals surface area (Å²) in [7, 11) is 0. The van der Waals surface area contributed by atoms with Crippen LogP contribution in [-0.4, -0.2) is 11.1 Å². The summed E-state index contributed by atoms with van der Waals surface area (Å²) >= 11 is 3.34. The summed E-state index contributed by atoms with van der Waals surface area (Å²) in [6.07, 6.45) is 2.20. The van der Waals surface area contributed by atoms with Crippen molar-refractivity contribution in [1.29, 1.82) is 0 Å². The Morgan fingerprint density at radius 2 is 2.10 bits per heavy atom. The standard InChI is InChI=1S/C14H10BrFN2O2/c15-10-4-9(6-17-7-10)12-13(20-14(19)18-12)8-2-1-3-11(16)5-8/h1-7,12-13H,(H,18,19)/t12-,13-/m1/s1. The van der Waals surface area contributed by atoms with Crippen LogP contribution >= 0.6 is 15.9 Å². The lowest BCUT2D eigenvalue weighted by Gasteiger charge is -2.17. The van der Waals surface area contributed by atoms with E-state index in [9.17, 15) is 9.18 Å². The maximum Gasteiger partial charge on any atom is 0.408 e. The van der Waals surface area contributed by atoms with Gasteiger partial charge in [-0.15, -0.1) is 0 Å². The van der Waals surface area contributed by atoms with Crippen LogP contribution < -0.4 is 5.32 Å². The van der Waals surface area contributed by atoms with Gasteiger partial charge in [-0.3, -0.25) is 4.98 Å². The number of alkyl carbamates (subject to hydrolysis) is 1. The third kappa shape index (κ3) is 2.51. The van der Waals surface area contributed by atoms with Gasteiger partial charge in [0.2, 0.25) is 0 Å². The third-order valence-electron chi connectivity index (χ3n) is 3.07. The predicted octanol–water partition coefficient (Wildman–Crippen LogP) is 3.51. The number of benzene rings is 1. The number of cyclic esters (lactones) is 1. The average molecular weight is 337 g/mol. The minimum atomic E-state index is -0.575. The average Bonchev–Trinajstić information content (AvgIpc) is 2.81. The molecule has 2 heterocycles. The second-order valence-electron chi connectivity index (χ2n) is 4.44. The highest BCUT2D eigenvalue weighted by Gasteiger charge is 2.36. The minimum absolute atomic E-state index is 0.364. The highest BCUT2D eigenvalue weighted by molar-refractivity contribution is 9.10. The lowest BCUT2D eigenvalue weighted by Crippen LogP contribution is -2.19. The molecule has 0 saturated carbocycles. The Morgan fingerprint density at radius 3 is 2.85 bits per heavy atom. The van der Waals surface area contributed by atoms with E-state index in [1.54, 1.807) is 24.5 Å². The molecule has 102 valence electrons. The van der Waals surface area contributed by atoms with Crippen LogP contribution in [0.5, 0.6) is 0 Å². The van der Waals surface area contributed by atoms with Crippen LogP contribution in [0.2, 0.25) is 0 Å². The number of pyridine rings is 1. The van der Waals surface area contributed by atoms with Crippen molar-refractivity contribution in [3.8, 4) is 0 Å². The van der Waals surface area contributed by atoms with Crippen molar-refractivity contribution in [2.75, 3.05) is 0 Å². The van der Waals surface area contributed by atoms with Gasteiger partial charge in [0.25, 0.3) is 0 Å². The van der Waals surface area contributed by atoms with Crippen molar-refractivity contribution >= 4 is 22.0 Å². The molecule has 1 saturated heterocycles. The number of carbonyl (C=O) groups excluding carboxylic acids is 1. The molecule has 1 amide bonds. The fourth-order valence-electron chi connectivity index (χ4n) is 2.22. The first-order valence-corrected chi connectivity index (χ1v) is 6.76. The number of amides is 1. The van der Waals surface area contributed by atoms with E-state index >= 15 is 0 Å². The van der Waals surface area contributed by atoms with E-state index in [0.29, 0.717) is 5.56 Å². The molecule has 1 aliphatic heterocycles. The summed E-state index contributed by atoms with van der Waals surface area (Å²) in [5.41, 5.74) is 1.40. The van der Waals surface area contributed by atoms with Gasteiger partial charge in [0.1, 0.15) is 11.9 Å². The lowest BCUT2D eigenvalue weighted by molar-refractivity contribution is 0.132. The third-order valence-corrected chi connectivity index (χ3v) is 3.51. The van der Waals surface area contributed by atoms with Crippen LogP contribution in [0.25, 0.3) is 0 Å². The second kappa shape index (κ2) is 5.20. The number of hydrogen-bond donors (Lipinski definition) is 1. The van der Waals surface area contributed by atoms with E-state index in [4.69, 9.17) is 4.74 Å². The zero-order valence-corrected chi connectivity index (χ0v) is 11.8. The SMILES string of the molecule is O=C1N[C@H](c2cncc(Br)c2)[C@@H](c2cccc(F)c2)O1. The van der Waals surface area contributed by atoms with Gasteiger partial charge in [0, 0.05) is 16.9 Å². The predicted molar refractivity (Wildman–Crippen MR) is 73.4 cm³/mol. The molecule has 0 unspecified atom stereocenters. The Bertz CT molecular complexity index is 610. The van der Waals surface area contributed by atoms with Crippen molar-refractivity contribution < 1.29 is 13.9 Å². The fourth-order valence-corrected chi connectivity index (χ4v) is 2.60. The molecular weight excluding hydrogens is 327 g/mol. The number of nitrogens with zero attached hydrogens (tertiary/aromatic N) is 1. The van der Waals surface area contributed by atoms with Gasteiger partial charge in [0.15, 0.2) is 6.10 Å². The molecule has 0 radical (unpaired) electrons. The molecule has 0 spiro atoms. The molecule has 6 heteroatoms. The first kappa shape index (κ1) is 13.1. The number of rotatable bonds is 2.